The molecule has 0 aromatic heterocycles. The first-order valence-corrected chi connectivity index (χ1v) is 7.95. The normalized spacial score (nSPS) is 16.0. The Morgan fingerprint density at radius 3 is 2.13 bits per heavy atom. The number of nitrogens with one attached hydrogen (secondary N) is 2. The summed E-state index contributed by atoms with van der Waals surface area (Å²) < 4.78 is 0. The molecule has 8 N–H and O–H groups in total. The smallest absolute Gasteiger partial charge is 0.327 e. The summed E-state index contributed by atoms with van der Waals surface area (Å²) >= 11 is 3.86. The number of carboxylic acid groups (broad SMARTS) is 1. The Labute approximate surface area is 140 Å². The summed E-state index contributed by atoms with van der Waals surface area (Å²) in [6.45, 7) is 1.79. The summed E-state index contributed by atoms with van der Waals surface area (Å²) in [5, 5.41) is 23.0. The first-order chi connectivity index (χ1) is 10.7. The van der Waals surface area contributed by atoms with Crippen LogP contribution in [-0.4, -0.2) is 64.5 Å². The minimum Gasteiger partial charge on any atom is -0.480 e. The summed E-state index contributed by atoms with van der Waals surface area (Å²) in [6, 6.07) is -3.30. The maximum atomic E-state index is 12.2. The lowest BCUT2D eigenvalue weighted by atomic mass is 10.1. The number of aliphatic hydroxyl groups excluding tert-OH is 1. The van der Waals surface area contributed by atoms with Crippen LogP contribution < -0.4 is 22.1 Å². The monoisotopic (exact) mass is 350 g/mol. The second-order valence-corrected chi connectivity index (χ2v) is 5.56. The molecule has 0 saturated heterocycles. The van der Waals surface area contributed by atoms with Gasteiger partial charge < -0.3 is 32.3 Å². The molecule has 0 radical (unpaired) electrons. The van der Waals surface area contributed by atoms with E-state index in [1.807, 2.05) is 0 Å². The highest BCUT2D eigenvalue weighted by Crippen LogP contribution is 2.03. The van der Waals surface area contributed by atoms with E-state index in [2.05, 4.69) is 23.3 Å². The van der Waals surface area contributed by atoms with Crippen molar-refractivity contribution in [3.8, 4) is 0 Å². The van der Waals surface area contributed by atoms with Crippen LogP contribution in [0.1, 0.15) is 26.2 Å². The van der Waals surface area contributed by atoms with Crippen LogP contribution in [0, 0.1) is 0 Å². The number of aliphatic carboxylic acids is 1. The van der Waals surface area contributed by atoms with Gasteiger partial charge in [0, 0.05) is 5.75 Å². The molecule has 0 aliphatic rings. The van der Waals surface area contributed by atoms with Crippen molar-refractivity contribution in [2.24, 2.45) is 11.5 Å². The van der Waals surface area contributed by atoms with E-state index in [1.54, 1.807) is 0 Å². The standard InChI is InChI=1S/C13H26N4O5S/c1-7(18)10(15)12(20)16-8(4-2-3-5-14)11(19)17-9(6-23)13(21)22/h7-10,18,23H,2-6,14-15H2,1H3,(H,16,20)(H,17,19)(H,21,22). The number of amides is 2. The van der Waals surface area contributed by atoms with Crippen LogP contribution in [0.5, 0.6) is 0 Å². The quantitative estimate of drug-likeness (QED) is 0.164. The summed E-state index contributed by atoms with van der Waals surface area (Å²) in [4.78, 5) is 35.0. The number of unbranched alkanes of at least 4 members (excludes halogenated alkanes) is 1. The van der Waals surface area contributed by atoms with Crippen LogP contribution in [0.25, 0.3) is 0 Å². The summed E-state index contributed by atoms with van der Waals surface area (Å²) in [5.74, 6) is -2.64. The number of hydrogen-bond acceptors (Lipinski definition) is 7. The van der Waals surface area contributed by atoms with Gasteiger partial charge >= 0.3 is 5.97 Å². The third-order valence-corrected chi connectivity index (χ3v) is 3.56. The third kappa shape index (κ3) is 8.16. The zero-order valence-corrected chi connectivity index (χ0v) is 14.0. The molecule has 0 heterocycles. The summed E-state index contributed by atoms with van der Waals surface area (Å²) in [6.07, 6.45) is 0.418. The van der Waals surface area contributed by atoms with Gasteiger partial charge in [-0.1, -0.05) is 0 Å². The number of hydrogen-bond donors (Lipinski definition) is 7. The van der Waals surface area contributed by atoms with E-state index in [1.165, 1.54) is 6.92 Å². The fraction of sp³-hybridized carbons (Fsp3) is 0.769. The highest BCUT2D eigenvalue weighted by Gasteiger charge is 2.28. The van der Waals surface area contributed by atoms with Crippen LogP contribution in [0.2, 0.25) is 0 Å². The summed E-state index contributed by atoms with van der Waals surface area (Å²) in [5.41, 5.74) is 10.9. The van der Waals surface area contributed by atoms with Crippen molar-refractivity contribution < 1.29 is 24.6 Å². The predicted octanol–water partition coefficient (Wildman–Crippen LogP) is -2.19. The zero-order chi connectivity index (χ0) is 18.0. The Morgan fingerprint density at radius 1 is 1.13 bits per heavy atom. The maximum Gasteiger partial charge on any atom is 0.327 e. The number of aliphatic hydroxyl groups is 1. The molecule has 10 heteroatoms. The Kier molecular flexibility index (Phi) is 10.6. The minimum absolute atomic E-state index is 0.0856. The SMILES string of the molecule is CC(O)C(N)C(=O)NC(CCCCN)C(=O)NC(CS)C(=O)O. The van der Waals surface area contributed by atoms with Gasteiger partial charge in [0.05, 0.1) is 6.10 Å². The second kappa shape index (κ2) is 11.2. The van der Waals surface area contributed by atoms with Gasteiger partial charge in [-0.15, -0.1) is 0 Å². The number of rotatable bonds is 11. The van der Waals surface area contributed by atoms with E-state index < -0.39 is 42.0 Å². The van der Waals surface area contributed by atoms with Gasteiger partial charge in [0.1, 0.15) is 18.1 Å². The van der Waals surface area contributed by atoms with E-state index in [0.29, 0.717) is 19.4 Å². The van der Waals surface area contributed by atoms with Crippen molar-refractivity contribution in [3.63, 3.8) is 0 Å². The molecule has 9 nitrogen and oxygen atoms in total. The van der Waals surface area contributed by atoms with Crippen molar-refractivity contribution >= 4 is 30.4 Å². The highest BCUT2D eigenvalue weighted by atomic mass is 32.1. The lowest BCUT2D eigenvalue weighted by Gasteiger charge is -2.23. The molecule has 0 aliphatic heterocycles. The molecule has 0 aromatic rings. The number of carboxylic acids is 1. The van der Waals surface area contributed by atoms with E-state index >= 15 is 0 Å². The number of nitrogens with two attached hydrogens (primary N) is 2. The van der Waals surface area contributed by atoms with Gasteiger partial charge in [0.15, 0.2) is 0 Å². The van der Waals surface area contributed by atoms with Crippen LogP contribution >= 0.6 is 12.6 Å². The van der Waals surface area contributed by atoms with Crippen LogP contribution in [0.4, 0.5) is 0 Å². The Morgan fingerprint density at radius 2 is 1.70 bits per heavy atom. The first-order valence-electron chi connectivity index (χ1n) is 7.32. The van der Waals surface area contributed by atoms with Gasteiger partial charge in [-0.2, -0.15) is 12.6 Å². The molecule has 23 heavy (non-hydrogen) atoms. The van der Waals surface area contributed by atoms with Gasteiger partial charge in [-0.25, -0.2) is 4.79 Å². The van der Waals surface area contributed by atoms with Crippen molar-refractivity contribution in [3.05, 3.63) is 0 Å². The molecule has 4 unspecified atom stereocenters. The molecule has 0 spiro atoms. The van der Waals surface area contributed by atoms with E-state index in [-0.39, 0.29) is 12.2 Å². The average molecular weight is 350 g/mol. The van der Waals surface area contributed by atoms with E-state index in [9.17, 15) is 19.5 Å². The van der Waals surface area contributed by atoms with E-state index in [4.69, 9.17) is 16.6 Å². The lowest BCUT2D eigenvalue weighted by molar-refractivity contribution is -0.141. The molecular weight excluding hydrogens is 324 g/mol. The third-order valence-electron chi connectivity index (χ3n) is 3.20. The molecular formula is C13H26N4O5S. The van der Waals surface area contributed by atoms with Gasteiger partial charge in [0.25, 0.3) is 0 Å². The fourth-order valence-electron chi connectivity index (χ4n) is 1.71. The van der Waals surface area contributed by atoms with Crippen LogP contribution in [0.3, 0.4) is 0 Å². The number of carbonyl (C=O) groups is 3. The Bertz CT molecular complexity index is 408. The molecule has 134 valence electrons. The van der Waals surface area contributed by atoms with Gasteiger partial charge in [-0.3, -0.25) is 9.59 Å². The molecule has 4 atom stereocenters. The number of thiol groups is 1. The van der Waals surface area contributed by atoms with Crippen molar-refractivity contribution in [2.45, 2.75) is 50.4 Å². The molecule has 0 fully saturated rings. The highest BCUT2D eigenvalue weighted by molar-refractivity contribution is 7.80. The molecule has 2 amide bonds. The Hall–Kier alpha value is -1.36. The van der Waals surface area contributed by atoms with Crippen molar-refractivity contribution in [1.82, 2.24) is 10.6 Å². The van der Waals surface area contributed by atoms with E-state index in [0.717, 1.165) is 0 Å². The average Bonchev–Trinajstić information content (AvgIpc) is 2.49. The minimum atomic E-state index is -1.22. The van der Waals surface area contributed by atoms with Crippen LogP contribution in [-0.2, 0) is 14.4 Å². The lowest BCUT2D eigenvalue weighted by Crippen LogP contribution is -2.56. The molecule has 0 saturated carbocycles. The molecule has 0 rings (SSSR count). The topological polar surface area (TPSA) is 168 Å². The fourth-order valence-corrected chi connectivity index (χ4v) is 1.95. The van der Waals surface area contributed by atoms with Crippen molar-refractivity contribution in [1.29, 1.82) is 0 Å². The Balaban J connectivity index is 4.87. The van der Waals surface area contributed by atoms with Gasteiger partial charge in [-0.05, 0) is 32.7 Å². The first kappa shape index (κ1) is 21.6. The van der Waals surface area contributed by atoms with Gasteiger partial charge in [0.2, 0.25) is 11.8 Å². The van der Waals surface area contributed by atoms with Crippen LogP contribution in [0.15, 0.2) is 0 Å². The molecule has 0 aromatic carbocycles. The number of carbonyl (C=O) groups excluding carboxylic acids is 2. The predicted molar refractivity (Wildman–Crippen MR) is 87.9 cm³/mol. The zero-order valence-electron chi connectivity index (χ0n) is 13.1. The summed E-state index contributed by atoms with van der Waals surface area (Å²) in [7, 11) is 0. The van der Waals surface area contributed by atoms with Crippen molar-refractivity contribution in [2.75, 3.05) is 12.3 Å². The maximum absolute atomic E-state index is 12.2. The molecule has 0 bridgehead atoms. The second-order valence-electron chi connectivity index (χ2n) is 5.19. The molecule has 0 aliphatic carbocycles. The largest absolute Gasteiger partial charge is 0.480 e.